The van der Waals surface area contributed by atoms with Gasteiger partial charge in [0.25, 0.3) is 0 Å². The van der Waals surface area contributed by atoms with Crippen molar-refractivity contribution in [3.8, 4) is 51.4 Å². The Morgan fingerprint density at radius 2 is 1.04 bits per heavy atom. The van der Waals surface area contributed by atoms with Gasteiger partial charge in [-0.3, -0.25) is 4.79 Å². The van der Waals surface area contributed by atoms with Crippen molar-refractivity contribution in [2.75, 3.05) is 26.4 Å². The van der Waals surface area contributed by atoms with Crippen LogP contribution in [0.3, 0.4) is 0 Å². The van der Waals surface area contributed by atoms with E-state index in [9.17, 15) is 91.3 Å². The minimum absolute atomic E-state index is 0.0919. The molecule has 8 rings (SSSR count). The molecule has 16 N–H and O–H groups in total. The second kappa shape index (κ2) is 23.9. The first-order chi connectivity index (χ1) is 36.2. The summed E-state index contributed by atoms with van der Waals surface area (Å²) in [5.41, 5.74) is -0.425. The molecular weight excluding hydrogens is 1020 g/mol. The fourth-order valence-electron chi connectivity index (χ4n) is 8.59. The quantitative estimate of drug-likeness (QED) is 0.0367. The highest BCUT2D eigenvalue weighted by molar-refractivity contribution is 5.87. The van der Waals surface area contributed by atoms with Gasteiger partial charge >= 0.3 is 5.97 Å². The molecule has 6 aliphatic rings. The number of phenolic OH excluding ortho intramolecular Hbond substituents is 2. The van der Waals surface area contributed by atoms with Crippen molar-refractivity contribution >= 4 is 12.0 Å². The molecule has 0 amide bonds. The highest BCUT2D eigenvalue weighted by Crippen LogP contribution is 2.44. The van der Waals surface area contributed by atoms with Crippen LogP contribution in [0.2, 0.25) is 0 Å². The van der Waals surface area contributed by atoms with Crippen molar-refractivity contribution in [3.05, 3.63) is 82.5 Å². The Morgan fingerprint density at radius 3 is 1.63 bits per heavy atom. The normalized spacial score (nSPS) is 36.0. The molecule has 0 spiro atoms. The number of carbonyl (C=O) groups excluding carboxylic acids is 1. The number of hydrogen-bond donors (Lipinski definition) is 16. The number of phenols is 2. The topological polar surface area (TPSA) is 454 Å². The second-order valence-electron chi connectivity index (χ2n) is 18.1. The zero-order valence-corrected chi connectivity index (χ0v) is 39.4. The van der Waals surface area contributed by atoms with E-state index in [1.54, 1.807) is 0 Å². The lowest BCUT2D eigenvalue weighted by molar-refractivity contribution is -0.358. The van der Waals surface area contributed by atoms with Gasteiger partial charge in [0.1, 0.15) is 115 Å². The molecule has 0 bridgehead atoms. The number of aromatic hydroxyl groups is 2. The zero-order valence-electron chi connectivity index (χ0n) is 39.4. The molecule has 2 aromatic carbocycles. The van der Waals surface area contributed by atoms with E-state index >= 15 is 0 Å². The molecule has 4 fully saturated rings. The van der Waals surface area contributed by atoms with Crippen LogP contribution in [0, 0.1) is 0 Å². The number of aliphatic hydroxyl groups is 14. The zero-order chi connectivity index (χ0) is 54.9. The van der Waals surface area contributed by atoms with Gasteiger partial charge in [-0.15, -0.1) is 0 Å². The number of fused-ring (bicyclic) bond motifs is 1. The number of aliphatic hydroxyl groups excluding tert-OH is 14. The summed E-state index contributed by atoms with van der Waals surface area (Å²) in [5.74, 6) is -3.10. The summed E-state index contributed by atoms with van der Waals surface area (Å²) < 4.78 is 57.3. The number of hydrogen-bond acceptors (Lipinski definition) is 28. The van der Waals surface area contributed by atoms with Crippen molar-refractivity contribution in [1.29, 1.82) is 0 Å². The smallest absolute Gasteiger partial charge is 0.330 e. The standard InChI is InChI=1S/C48H56O28/c49-13-27-32(56)36(60)40(64)45(72-27)69-24-11-20(53)10-23-21(24)12-26(43(68-23)18-3-5-19(52)6-4-18)71-48-44(39(63)34(58)29(15-51)74-48)76-47-42(66)38(62)35(59)30(75-47)16-67-31(55)8-2-17-1-7-22(54)25(9-17)70-46-41(65)37(61)33(57)28(14-50)73-46/h1-12,27-30,32-42,44-52,54,56-66H,13-16H2. The molecule has 5 heterocycles. The molecule has 20 atom stereocenters. The Kier molecular flexibility index (Phi) is 17.8. The van der Waals surface area contributed by atoms with Crippen LogP contribution in [-0.2, 0) is 33.2 Å². The number of rotatable bonds is 16. The third kappa shape index (κ3) is 11.9. The lowest BCUT2D eigenvalue weighted by atomic mass is 9.97. The molecule has 4 saturated heterocycles. The average molecular weight is 1080 g/mol. The molecule has 76 heavy (non-hydrogen) atoms. The molecule has 2 aromatic rings. The summed E-state index contributed by atoms with van der Waals surface area (Å²) in [5, 5.41) is 167. The number of esters is 1. The van der Waals surface area contributed by atoms with E-state index < -0.39 is 166 Å². The van der Waals surface area contributed by atoms with E-state index in [2.05, 4.69) is 0 Å². The van der Waals surface area contributed by atoms with Crippen molar-refractivity contribution in [2.45, 2.75) is 123 Å². The Hall–Kier alpha value is -5.68. The van der Waals surface area contributed by atoms with Crippen molar-refractivity contribution in [1.82, 2.24) is 0 Å². The summed E-state index contributed by atoms with van der Waals surface area (Å²) in [7, 11) is 0. The van der Waals surface area contributed by atoms with Crippen LogP contribution in [0.4, 0.5) is 0 Å². The Labute approximate surface area is 428 Å². The SMILES string of the molecule is O=C(C=Cc1ccc(O)c(OC2OC(CO)C(O)C(O)C2O)c1)OCC1OC(OC2C(Oc3cc4c(OC5OC(CO)C(O)C(O)C5O)cc(=O)cc-4oc3-c3ccc(O)cc3)OC(CO)C(O)C2O)C(O)C(O)C1O. The Morgan fingerprint density at radius 1 is 0.526 bits per heavy atom. The van der Waals surface area contributed by atoms with Crippen molar-refractivity contribution in [3.63, 3.8) is 0 Å². The number of benzene rings is 3. The first-order valence-corrected chi connectivity index (χ1v) is 23.4. The minimum Gasteiger partial charge on any atom is -0.508 e. The minimum atomic E-state index is -2.12. The van der Waals surface area contributed by atoms with Crippen molar-refractivity contribution < 1.29 is 134 Å². The van der Waals surface area contributed by atoms with E-state index in [1.807, 2.05) is 0 Å². The molecule has 5 aliphatic heterocycles. The molecule has 1 aliphatic carbocycles. The molecule has 416 valence electrons. The predicted octanol–water partition coefficient (Wildman–Crippen LogP) is -5.55. The van der Waals surface area contributed by atoms with E-state index in [0.29, 0.717) is 0 Å². The average Bonchev–Trinajstić information content (AvgIpc) is 3.41. The van der Waals surface area contributed by atoms with Gasteiger partial charge in [0.15, 0.2) is 40.8 Å². The third-order valence-corrected chi connectivity index (χ3v) is 12.9. The van der Waals surface area contributed by atoms with Crippen LogP contribution in [0.15, 0.2) is 76.0 Å². The molecule has 0 aromatic heterocycles. The monoisotopic (exact) mass is 1080 g/mol. The van der Waals surface area contributed by atoms with Crippen LogP contribution < -0.4 is 19.6 Å². The molecule has 20 unspecified atom stereocenters. The van der Waals surface area contributed by atoms with E-state index in [-0.39, 0.29) is 51.2 Å². The largest absolute Gasteiger partial charge is 0.508 e. The fourth-order valence-corrected chi connectivity index (χ4v) is 8.59. The van der Waals surface area contributed by atoms with Gasteiger partial charge in [-0.25, -0.2) is 4.79 Å². The third-order valence-electron chi connectivity index (χ3n) is 12.9. The first kappa shape index (κ1) is 56.5. The summed E-state index contributed by atoms with van der Waals surface area (Å²) in [6.45, 7) is -3.29. The van der Waals surface area contributed by atoms with Crippen LogP contribution in [0.1, 0.15) is 5.56 Å². The summed E-state index contributed by atoms with van der Waals surface area (Å²) in [6.07, 6.45) is -34.2. The van der Waals surface area contributed by atoms with Crippen LogP contribution in [-0.4, -0.2) is 237 Å². The van der Waals surface area contributed by atoms with Crippen LogP contribution in [0.25, 0.3) is 28.7 Å². The number of carbonyl (C=O) groups is 1. The molecular formula is C48H56O28. The predicted molar refractivity (Wildman–Crippen MR) is 246 cm³/mol. The van der Waals surface area contributed by atoms with Gasteiger partial charge in [0.05, 0.1) is 25.4 Å². The van der Waals surface area contributed by atoms with Gasteiger partial charge in [0, 0.05) is 23.8 Å². The molecule has 28 heteroatoms. The highest BCUT2D eigenvalue weighted by atomic mass is 16.8. The van der Waals surface area contributed by atoms with E-state index in [1.165, 1.54) is 48.5 Å². The molecule has 0 saturated carbocycles. The summed E-state index contributed by atoms with van der Waals surface area (Å²) >= 11 is 0. The maximum atomic E-state index is 13.0. The highest BCUT2D eigenvalue weighted by Gasteiger charge is 2.52. The van der Waals surface area contributed by atoms with Gasteiger partial charge < -0.3 is 129 Å². The fraction of sp³-hybridized carbons (Fsp3) is 0.500. The van der Waals surface area contributed by atoms with Crippen molar-refractivity contribution in [2.24, 2.45) is 0 Å². The Bertz CT molecular complexity index is 2640. The first-order valence-electron chi connectivity index (χ1n) is 23.4. The van der Waals surface area contributed by atoms with E-state index in [0.717, 1.165) is 24.3 Å². The lowest BCUT2D eigenvalue weighted by Gasteiger charge is -2.46. The van der Waals surface area contributed by atoms with E-state index in [4.69, 9.17) is 47.0 Å². The summed E-state index contributed by atoms with van der Waals surface area (Å²) in [6, 6.07) is 12.2. The lowest BCUT2D eigenvalue weighted by Crippen LogP contribution is -2.65. The van der Waals surface area contributed by atoms with Gasteiger partial charge in [-0.1, -0.05) is 6.07 Å². The number of ether oxygens (including phenoxy) is 9. The van der Waals surface area contributed by atoms with Gasteiger partial charge in [-0.05, 0) is 54.1 Å². The maximum absolute atomic E-state index is 13.0. The van der Waals surface area contributed by atoms with Crippen LogP contribution in [0.5, 0.6) is 28.7 Å². The molecule has 28 nitrogen and oxygen atoms in total. The Balaban J connectivity index is 1.02. The van der Waals surface area contributed by atoms with Gasteiger partial charge in [0.2, 0.25) is 18.9 Å². The maximum Gasteiger partial charge on any atom is 0.330 e. The van der Waals surface area contributed by atoms with Gasteiger partial charge in [-0.2, -0.15) is 0 Å². The second-order valence-corrected chi connectivity index (χ2v) is 18.1. The molecule has 0 radical (unpaired) electrons. The summed E-state index contributed by atoms with van der Waals surface area (Å²) in [4.78, 5) is 25.9. The van der Waals surface area contributed by atoms with Crippen LogP contribution >= 0.6 is 0 Å².